The van der Waals surface area contributed by atoms with E-state index in [9.17, 15) is 9.59 Å². The Morgan fingerprint density at radius 1 is 1.12 bits per heavy atom. The van der Waals surface area contributed by atoms with Gasteiger partial charge in [-0.05, 0) is 37.1 Å². The van der Waals surface area contributed by atoms with Crippen LogP contribution < -0.4 is 16.4 Å². The number of hydrogen-bond acceptors (Lipinski definition) is 5. The van der Waals surface area contributed by atoms with Crippen molar-refractivity contribution in [3.05, 3.63) is 42.2 Å². The third-order valence-corrected chi connectivity index (χ3v) is 4.81. The average Bonchev–Trinajstić information content (AvgIpc) is 3.25. The third kappa shape index (κ3) is 4.82. The van der Waals surface area contributed by atoms with Crippen molar-refractivity contribution in [1.29, 1.82) is 0 Å². The van der Waals surface area contributed by atoms with Gasteiger partial charge in [-0.3, -0.25) is 4.79 Å². The van der Waals surface area contributed by atoms with Crippen LogP contribution in [0.5, 0.6) is 0 Å². The first kappa shape index (κ1) is 17.9. The molecule has 3 aromatic rings. The number of nitrogens with two attached hydrogens (primary N) is 1. The fraction of sp³-hybridized carbons (Fsp3) is 0.278. The number of carbonyl (C=O) groups excluding carboxylic acids is 2. The molecule has 136 valence electrons. The summed E-state index contributed by atoms with van der Waals surface area (Å²) in [5.74, 6) is 1.33. The number of nitrogens with one attached hydrogen (secondary N) is 2. The number of benzene rings is 1. The molecular weight excluding hydrogens is 352 g/mol. The Labute approximate surface area is 154 Å². The molecule has 2 heterocycles. The van der Waals surface area contributed by atoms with Crippen LogP contribution in [0.2, 0.25) is 0 Å². The van der Waals surface area contributed by atoms with Crippen LogP contribution >= 0.6 is 11.3 Å². The largest absolute Gasteiger partial charge is 0.457 e. The van der Waals surface area contributed by atoms with Crippen molar-refractivity contribution in [2.45, 2.75) is 25.8 Å². The molecule has 3 rings (SSSR count). The van der Waals surface area contributed by atoms with Crippen LogP contribution in [0.15, 0.2) is 40.8 Å². The zero-order valence-electron chi connectivity index (χ0n) is 14.2. The molecule has 0 aliphatic heterocycles. The standard InChI is InChI=1S/C18H20N4O3S/c19-18(24)20-10-4-3-7-16(23)21-11-12-8-9-14(25-12)17-22-13-5-1-2-6-15(13)26-17/h1-2,5-6,8-9H,3-4,7,10-11H2,(H,21,23)(H3,19,20,24). The summed E-state index contributed by atoms with van der Waals surface area (Å²) < 4.78 is 6.90. The lowest BCUT2D eigenvalue weighted by Crippen LogP contribution is -2.30. The number of furan rings is 1. The van der Waals surface area contributed by atoms with Gasteiger partial charge < -0.3 is 20.8 Å². The molecule has 4 N–H and O–H groups in total. The molecule has 26 heavy (non-hydrogen) atoms. The van der Waals surface area contributed by atoms with Gasteiger partial charge in [-0.1, -0.05) is 12.1 Å². The van der Waals surface area contributed by atoms with Gasteiger partial charge in [-0.2, -0.15) is 0 Å². The minimum absolute atomic E-state index is 0.0537. The fourth-order valence-corrected chi connectivity index (χ4v) is 3.39. The van der Waals surface area contributed by atoms with Crippen LogP contribution in [0, 0.1) is 0 Å². The molecule has 0 aliphatic carbocycles. The first-order chi connectivity index (χ1) is 12.6. The maximum absolute atomic E-state index is 11.8. The van der Waals surface area contributed by atoms with Crippen molar-refractivity contribution in [3.8, 4) is 10.8 Å². The summed E-state index contributed by atoms with van der Waals surface area (Å²) in [7, 11) is 0. The molecule has 2 aromatic heterocycles. The first-order valence-electron chi connectivity index (χ1n) is 8.36. The molecule has 1 aromatic carbocycles. The van der Waals surface area contributed by atoms with Crippen LogP contribution in [0.25, 0.3) is 21.0 Å². The molecule has 0 unspecified atom stereocenters. The van der Waals surface area contributed by atoms with Gasteiger partial charge in [-0.25, -0.2) is 9.78 Å². The number of thiazole rings is 1. The van der Waals surface area contributed by atoms with Gasteiger partial charge in [0.05, 0.1) is 16.8 Å². The Morgan fingerprint density at radius 2 is 1.96 bits per heavy atom. The highest BCUT2D eigenvalue weighted by Gasteiger charge is 2.11. The van der Waals surface area contributed by atoms with E-state index in [1.807, 2.05) is 36.4 Å². The number of unbranched alkanes of at least 4 members (excludes halogenated alkanes) is 1. The smallest absolute Gasteiger partial charge is 0.312 e. The highest BCUT2D eigenvalue weighted by Crippen LogP contribution is 2.31. The number of para-hydroxylation sites is 1. The zero-order valence-corrected chi connectivity index (χ0v) is 15.0. The van der Waals surface area contributed by atoms with E-state index in [4.69, 9.17) is 10.2 Å². The number of primary amides is 1. The van der Waals surface area contributed by atoms with Crippen molar-refractivity contribution >= 4 is 33.5 Å². The van der Waals surface area contributed by atoms with Gasteiger partial charge in [0.2, 0.25) is 5.91 Å². The van der Waals surface area contributed by atoms with E-state index < -0.39 is 6.03 Å². The maximum atomic E-state index is 11.8. The average molecular weight is 372 g/mol. The lowest BCUT2D eigenvalue weighted by Gasteiger charge is -2.04. The molecule has 0 radical (unpaired) electrons. The SMILES string of the molecule is NC(=O)NCCCCC(=O)NCc1ccc(-c2nc3ccccc3s2)o1. The molecule has 0 saturated carbocycles. The van der Waals surface area contributed by atoms with Gasteiger partial charge >= 0.3 is 6.03 Å². The van der Waals surface area contributed by atoms with Crippen LogP contribution in [0.4, 0.5) is 4.79 Å². The highest BCUT2D eigenvalue weighted by molar-refractivity contribution is 7.21. The maximum Gasteiger partial charge on any atom is 0.312 e. The molecule has 0 atom stereocenters. The summed E-state index contributed by atoms with van der Waals surface area (Å²) in [6, 6.07) is 11.1. The Kier molecular flexibility index (Phi) is 5.85. The van der Waals surface area contributed by atoms with Gasteiger partial charge in [0.1, 0.15) is 5.76 Å². The van der Waals surface area contributed by atoms with E-state index in [1.165, 1.54) is 0 Å². The number of urea groups is 1. The summed E-state index contributed by atoms with van der Waals surface area (Å²) in [4.78, 5) is 26.9. The van der Waals surface area contributed by atoms with Crippen molar-refractivity contribution < 1.29 is 14.0 Å². The van der Waals surface area contributed by atoms with Crippen LogP contribution in [-0.2, 0) is 11.3 Å². The molecule has 8 heteroatoms. The number of rotatable bonds is 8. The van der Waals surface area contributed by atoms with Gasteiger partial charge in [0.15, 0.2) is 10.8 Å². The normalized spacial score (nSPS) is 10.8. The molecule has 0 spiro atoms. The van der Waals surface area contributed by atoms with E-state index in [1.54, 1.807) is 11.3 Å². The molecule has 0 aliphatic rings. The van der Waals surface area contributed by atoms with Crippen molar-refractivity contribution in [2.24, 2.45) is 5.73 Å². The molecule has 0 saturated heterocycles. The Hall–Kier alpha value is -2.87. The van der Waals surface area contributed by atoms with Crippen LogP contribution in [0.1, 0.15) is 25.0 Å². The molecule has 3 amide bonds. The minimum atomic E-state index is -0.545. The Morgan fingerprint density at radius 3 is 2.77 bits per heavy atom. The Balaban J connectivity index is 1.46. The summed E-state index contributed by atoms with van der Waals surface area (Å²) >= 11 is 1.57. The van der Waals surface area contributed by atoms with Crippen molar-refractivity contribution in [2.75, 3.05) is 6.54 Å². The number of aromatic nitrogens is 1. The van der Waals surface area contributed by atoms with Gasteiger partial charge in [0, 0.05) is 13.0 Å². The quantitative estimate of drug-likeness (QED) is 0.528. The van der Waals surface area contributed by atoms with Gasteiger partial charge in [0.25, 0.3) is 0 Å². The van der Waals surface area contributed by atoms with E-state index >= 15 is 0 Å². The van der Waals surface area contributed by atoms with E-state index in [-0.39, 0.29) is 5.91 Å². The van der Waals surface area contributed by atoms with E-state index in [0.717, 1.165) is 15.2 Å². The van der Waals surface area contributed by atoms with Crippen LogP contribution in [0.3, 0.4) is 0 Å². The number of carbonyl (C=O) groups is 2. The molecular formula is C18H20N4O3S. The Bertz CT molecular complexity index is 870. The summed E-state index contributed by atoms with van der Waals surface area (Å²) in [5, 5.41) is 6.15. The minimum Gasteiger partial charge on any atom is -0.457 e. The van der Waals surface area contributed by atoms with Gasteiger partial charge in [-0.15, -0.1) is 11.3 Å². The number of fused-ring (bicyclic) bond motifs is 1. The fourth-order valence-electron chi connectivity index (χ4n) is 2.46. The van der Waals surface area contributed by atoms with Crippen molar-refractivity contribution in [3.63, 3.8) is 0 Å². The van der Waals surface area contributed by atoms with E-state index in [2.05, 4.69) is 15.6 Å². The topological polar surface area (TPSA) is 110 Å². The predicted molar refractivity (Wildman–Crippen MR) is 101 cm³/mol. The lowest BCUT2D eigenvalue weighted by molar-refractivity contribution is -0.121. The lowest BCUT2D eigenvalue weighted by atomic mass is 10.2. The van der Waals surface area contributed by atoms with E-state index in [0.29, 0.717) is 43.9 Å². The first-order valence-corrected chi connectivity index (χ1v) is 9.18. The van der Waals surface area contributed by atoms with Crippen molar-refractivity contribution in [1.82, 2.24) is 15.6 Å². The molecule has 0 bridgehead atoms. The monoisotopic (exact) mass is 372 g/mol. The third-order valence-electron chi connectivity index (χ3n) is 3.76. The molecule has 0 fully saturated rings. The second-order valence-electron chi connectivity index (χ2n) is 5.78. The second-order valence-corrected chi connectivity index (χ2v) is 6.81. The second kappa shape index (κ2) is 8.48. The summed E-state index contributed by atoms with van der Waals surface area (Å²) in [6.45, 7) is 0.815. The predicted octanol–water partition coefficient (Wildman–Crippen LogP) is 3.01. The van der Waals surface area contributed by atoms with Crippen LogP contribution in [-0.4, -0.2) is 23.5 Å². The number of hydrogen-bond donors (Lipinski definition) is 3. The number of amides is 3. The summed E-state index contributed by atoms with van der Waals surface area (Å²) in [6.07, 6.45) is 1.78. The number of nitrogens with zero attached hydrogens (tertiary/aromatic N) is 1. The zero-order chi connectivity index (χ0) is 18.4. The summed E-state index contributed by atoms with van der Waals surface area (Å²) in [5.41, 5.74) is 5.92. The molecule has 7 nitrogen and oxygen atoms in total. The highest BCUT2D eigenvalue weighted by atomic mass is 32.1.